The lowest BCUT2D eigenvalue weighted by atomic mass is 10.1. The van der Waals surface area contributed by atoms with Gasteiger partial charge in [-0.1, -0.05) is 18.2 Å². The number of nitriles is 1. The van der Waals surface area contributed by atoms with Gasteiger partial charge in [0.05, 0.1) is 23.6 Å². The molecule has 0 fully saturated rings. The fraction of sp³-hybridized carbons (Fsp3) is 0.154. The fourth-order valence-electron chi connectivity index (χ4n) is 1.41. The number of furan rings is 1. The number of hydrogen-bond acceptors (Lipinski definition) is 3. The summed E-state index contributed by atoms with van der Waals surface area (Å²) in [5.41, 5.74) is 1.84. The van der Waals surface area contributed by atoms with Crippen LogP contribution in [0.5, 0.6) is 0 Å². The molecule has 0 N–H and O–H groups in total. The Morgan fingerprint density at radius 3 is 2.75 bits per heavy atom. The van der Waals surface area contributed by atoms with Crippen LogP contribution in [0.1, 0.15) is 16.9 Å². The summed E-state index contributed by atoms with van der Waals surface area (Å²) in [7, 11) is 0. The summed E-state index contributed by atoms with van der Waals surface area (Å²) in [6, 6.07) is 13.7. The van der Waals surface area contributed by atoms with E-state index >= 15 is 0 Å². The zero-order valence-corrected chi connectivity index (χ0v) is 9.54. The van der Waals surface area contributed by atoms with Gasteiger partial charge in [-0.15, -0.1) is 11.8 Å². The third-order valence-electron chi connectivity index (χ3n) is 2.22. The molecule has 1 aromatic carbocycles. The molecular weight excluding hydrogens is 218 g/mol. The van der Waals surface area contributed by atoms with Gasteiger partial charge in [0.1, 0.15) is 5.76 Å². The van der Waals surface area contributed by atoms with E-state index in [-0.39, 0.29) is 0 Å². The summed E-state index contributed by atoms with van der Waals surface area (Å²) >= 11 is 1.75. The van der Waals surface area contributed by atoms with Crippen molar-refractivity contribution in [1.29, 1.82) is 5.26 Å². The molecular formula is C13H11NOS. The Morgan fingerprint density at radius 2 is 2.00 bits per heavy atom. The van der Waals surface area contributed by atoms with E-state index < -0.39 is 0 Å². The molecule has 0 unspecified atom stereocenters. The van der Waals surface area contributed by atoms with Gasteiger partial charge in [-0.3, -0.25) is 0 Å². The smallest absolute Gasteiger partial charge is 0.113 e. The maximum Gasteiger partial charge on any atom is 0.113 e. The topological polar surface area (TPSA) is 36.9 Å². The number of thioether (sulfide) groups is 1. The fourth-order valence-corrected chi connectivity index (χ4v) is 2.35. The molecule has 0 saturated carbocycles. The Balaban J connectivity index is 1.93. The Kier molecular flexibility index (Phi) is 3.68. The highest BCUT2D eigenvalue weighted by atomic mass is 32.2. The van der Waals surface area contributed by atoms with E-state index in [9.17, 15) is 0 Å². The molecule has 0 amide bonds. The Labute approximate surface area is 98.9 Å². The highest BCUT2D eigenvalue weighted by molar-refractivity contribution is 7.97. The van der Waals surface area contributed by atoms with E-state index in [0.717, 1.165) is 28.4 Å². The van der Waals surface area contributed by atoms with Crippen LogP contribution in [-0.2, 0) is 11.5 Å². The van der Waals surface area contributed by atoms with E-state index in [1.165, 1.54) is 0 Å². The summed E-state index contributed by atoms with van der Waals surface area (Å²) < 4.78 is 5.24. The maximum atomic E-state index is 8.92. The first-order valence-corrected chi connectivity index (χ1v) is 6.14. The molecule has 0 spiro atoms. The minimum absolute atomic E-state index is 0.759. The largest absolute Gasteiger partial charge is 0.468 e. The second-order valence-corrected chi connectivity index (χ2v) is 4.33. The quantitative estimate of drug-likeness (QED) is 0.804. The van der Waals surface area contributed by atoms with Crippen LogP contribution in [0.25, 0.3) is 0 Å². The second-order valence-electron chi connectivity index (χ2n) is 3.34. The van der Waals surface area contributed by atoms with Crippen LogP contribution in [0.4, 0.5) is 0 Å². The molecule has 0 aliphatic carbocycles. The van der Waals surface area contributed by atoms with Gasteiger partial charge in [0.25, 0.3) is 0 Å². The van der Waals surface area contributed by atoms with Crippen molar-refractivity contribution in [1.82, 2.24) is 0 Å². The van der Waals surface area contributed by atoms with Crippen molar-refractivity contribution in [2.45, 2.75) is 11.5 Å². The predicted molar refractivity (Wildman–Crippen MR) is 64.9 cm³/mol. The Morgan fingerprint density at radius 1 is 1.12 bits per heavy atom. The van der Waals surface area contributed by atoms with Gasteiger partial charge in [-0.25, -0.2) is 0 Å². The van der Waals surface area contributed by atoms with Crippen LogP contribution >= 0.6 is 11.8 Å². The molecule has 3 heteroatoms. The van der Waals surface area contributed by atoms with Crippen molar-refractivity contribution < 1.29 is 4.42 Å². The Bertz CT molecular complexity index is 485. The SMILES string of the molecule is N#Cc1ccccc1CSCc1ccco1. The highest BCUT2D eigenvalue weighted by Gasteiger charge is 2.01. The Hall–Kier alpha value is -1.66. The van der Waals surface area contributed by atoms with Crippen LogP contribution in [0.2, 0.25) is 0 Å². The monoisotopic (exact) mass is 229 g/mol. The van der Waals surface area contributed by atoms with Gasteiger partial charge < -0.3 is 4.42 Å². The van der Waals surface area contributed by atoms with Gasteiger partial charge >= 0.3 is 0 Å². The number of rotatable bonds is 4. The maximum absolute atomic E-state index is 8.92. The average molecular weight is 229 g/mol. The van der Waals surface area contributed by atoms with E-state index in [1.807, 2.05) is 36.4 Å². The van der Waals surface area contributed by atoms with Crippen molar-refractivity contribution in [3.05, 3.63) is 59.5 Å². The molecule has 1 aromatic heterocycles. The van der Waals surface area contributed by atoms with Crippen LogP contribution in [0, 0.1) is 11.3 Å². The van der Waals surface area contributed by atoms with E-state index in [4.69, 9.17) is 9.68 Å². The first-order valence-electron chi connectivity index (χ1n) is 4.98. The lowest BCUT2D eigenvalue weighted by molar-refractivity contribution is 0.530. The summed E-state index contributed by atoms with van der Waals surface area (Å²) in [4.78, 5) is 0. The molecule has 0 aliphatic rings. The molecule has 0 aliphatic heterocycles. The number of nitrogens with zero attached hydrogens (tertiary/aromatic N) is 1. The van der Waals surface area contributed by atoms with Crippen molar-refractivity contribution in [2.75, 3.05) is 0 Å². The first kappa shape index (κ1) is 10.8. The van der Waals surface area contributed by atoms with Crippen LogP contribution in [0.3, 0.4) is 0 Å². The molecule has 2 rings (SSSR count). The minimum atomic E-state index is 0.759. The second kappa shape index (κ2) is 5.43. The summed E-state index contributed by atoms with van der Waals surface area (Å²) in [6.45, 7) is 0. The van der Waals surface area contributed by atoms with E-state index in [1.54, 1.807) is 18.0 Å². The molecule has 2 aromatic rings. The van der Waals surface area contributed by atoms with Gasteiger partial charge in [-0.2, -0.15) is 5.26 Å². The van der Waals surface area contributed by atoms with Gasteiger partial charge in [0, 0.05) is 5.75 Å². The third kappa shape index (κ3) is 2.68. The van der Waals surface area contributed by atoms with Crippen LogP contribution in [0.15, 0.2) is 47.1 Å². The first-order chi connectivity index (χ1) is 7.90. The average Bonchev–Trinajstić information content (AvgIpc) is 2.83. The zero-order valence-electron chi connectivity index (χ0n) is 8.72. The molecule has 80 valence electrons. The van der Waals surface area contributed by atoms with Crippen LogP contribution in [-0.4, -0.2) is 0 Å². The van der Waals surface area contributed by atoms with Crippen molar-refractivity contribution >= 4 is 11.8 Å². The highest BCUT2D eigenvalue weighted by Crippen LogP contribution is 2.20. The molecule has 0 saturated heterocycles. The summed E-state index contributed by atoms with van der Waals surface area (Å²) in [6.07, 6.45) is 1.68. The summed E-state index contributed by atoms with van der Waals surface area (Å²) in [5.74, 6) is 2.65. The predicted octanol–water partition coefficient (Wildman–Crippen LogP) is 3.58. The standard InChI is InChI=1S/C13H11NOS/c14-8-11-4-1-2-5-12(11)9-16-10-13-6-3-7-15-13/h1-7H,9-10H2. The van der Waals surface area contributed by atoms with Gasteiger partial charge in [0.2, 0.25) is 0 Å². The molecule has 0 radical (unpaired) electrons. The normalized spacial score (nSPS) is 9.94. The number of benzene rings is 1. The molecule has 2 nitrogen and oxygen atoms in total. The molecule has 16 heavy (non-hydrogen) atoms. The lowest BCUT2D eigenvalue weighted by Crippen LogP contribution is -1.87. The number of hydrogen-bond donors (Lipinski definition) is 0. The molecule has 1 heterocycles. The van der Waals surface area contributed by atoms with Gasteiger partial charge in [-0.05, 0) is 23.8 Å². The molecule has 0 atom stereocenters. The third-order valence-corrected chi connectivity index (χ3v) is 3.22. The molecule has 0 bridgehead atoms. The minimum Gasteiger partial charge on any atom is -0.468 e. The zero-order chi connectivity index (χ0) is 11.2. The van der Waals surface area contributed by atoms with E-state index in [0.29, 0.717) is 0 Å². The van der Waals surface area contributed by atoms with Crippen molar-refractivity contribution in [2.24, 2.45) is 0 Å². The van der Waals surface area contributed by atoms with Crippen LogP contribution < -0.4 is 0 Å². The van der Waals surface area contributed by atoms with Crippen molar-refractivity contribution in [3.8, 4) is 6.07 Å². The summed E-state index contributed by atoms with van der Waals surface area (Å²) in [5, 5.41) is 8.92. The van der Waals surface area contributed by atoms with Crippen molar-refractivity contribution in [3.63, 3.8) is 0 Å². The van der Waals surface area contributed by atoms with Gasteiger partial charge in [0.15, 0.2) is 0 Å². The lowest BCUT2D eigenvalue weighted by Gasteiger charge is -2.02. The van der Waals surface area contributed by atoms with E-state index in [2.05, 4.69) is 6.07 Å².